The van der Waals surface area contributed by atoms with Gasteiger partial charge in [0.1, 0.15) is 6.33 Å². The van der Waals surface area contributed by atoms with Gasteiger partial charge in [0.15, 0.2) is 11.2 Å². The van der Waals surface area contributed by atoms with E-state index in [0.29, 0.717) is 29.5 Å². The van der Waals surface area contributed by atoms with Crippen molar-refractivity contribution in [3.05, 3.63) is 28.2 Å². The minimum atomic E-state index is 0.418. The molecule has 0 atom stereocenters. The summed E-state index contributed by atoms with van der Waals surface area (Å²) in [5, 5.41) is 2.07. The number of imidazole rings is 1. The maximum atomic E-state index is 5.98. The van der Waals surface area contributed by atoms with Crippen molar-refractivity contribution in [2.45, 2.75) is 13.5 Å². The quantitative estimate of drug-likeness (QED) is 0.789. The first-order valence-electron chi connectivity index (χ1n) is 5.74. The summed E-state index contributed by atoms with van der Waals surface area (Å²) in [5.74, 6) is 0.861. The highest BCUT2D eigenvalue weighted by Gasteiger charge is 2.15. The van der Waals surface area contributed by atoms with Crippen molar-refractivity contribution in [2.24, 2.45) is 0 Å². The van der Waals surface area contributed by atoms with Gasteiger partial charge >= 0.3 is 0 Å². The number of anilines is 1. The maximum absolute atomic E-state index is 5.98. The lowest BCUT2D eigenvalue weighted by atomic mass is 10.3. The Kier molecular flexibility index (Phi) is 2.83. The largest absolute Gasteiger partial charge is 0.479 e. The summed E-state index contributed by atoms with van der Waals surface area (Å²) in [5.41, 5.74) is 8.51. The van der Waals surface area contributed by atoms with Crippen LogP contribution in [0.15, 0.2) is 17.8 Å². The Morgan fingerprint density at radius 1 is 1.42 bits per heavy atom. The number of aromatic nitrogens is 4. The van der Waals surface area contributed by atoms with Crippen molar-refractivity contribution in [3.63, 3.8) is 0 Å². The van der Waals surface area contributed by atoms with E-state index in [1.54, 1.807) is 18.4 Å². The van der Waals surface area contributed by atoms with Crippen LogP contribution in [-0.2, 0) is 6.54 Å². The molecule has 2 N–H and O–H groups in total. The molecule has 3 heterocycles. The van der Waals surface area contributed by atoms with Crippen LogP contribution < -0.4 is 10.5 Å². The number of hydrogen-bond donors (Lipinski definition) is 1. The third-order valence-corrected chi connectivity index (χ3v) is 4.00. The Balaban J connectivity index is 2.13. The third kappa shape index (κ3) is 1.91. The summed E-state index contributed by atoms with van der Waals surface area (Å²) in [7, 11) is 1.56. The second-order valence-electron chi connectivity index (χ2n) is 4.14. The van der Waals surface area contributed by atoms with Gasteiger partial charge in [-0.05, 0) is 23.9 Å². The molecule has 0 saturated heterocycles. The molecule has 3 aromatic heterocycles. The van der Waals surface area contributed by atoms with Gasteiger partial charge in [-0.2, -0.15) is 4.98 Å². The average Bonchev–Trinajstić information content (AvgIpc) is 2.95. The molecule has 0 bridgehead atoms. The van der Waals surface area contributed by atoms with E-state index in [0.717, 1.165) is 0 Å². The standard InChI is InChI=1S/C12H13N5OS/c1-7-3-4-19-8(7)5-17-10-9(16-12(17)13)11(18-2)15-6-14-10/h3-4,6H,5H2,1-2H3,(H2,13,16). The van der Waals surface area contributed by atoms with Crippen LogP contribution in [0.5, 0.6) is 5.88 Å². The van der Waals surface area contributed by atoms with Crippen molar-refractivity contribution in [2.75, 3.05) is 12.8 Å². The fourth-order valence-corrected chi connectivity index (χ4v) is 2.84. The molecular formula is C12H13N5OS. The number of nitrogen functional groups attached to an aromatic ring is 1. The smallest absolute Gasteiger partial charge is 0.245 e. The van der Waals surface area contributed by atoms with Gasteiger partial charge in [0, 0.05) is 4.88 Å². The number of fused-ring (bicyclic) bond motifs is 1. The molecule has 0 aliphatic rings. The van der Waals surface area contributed by atoms with Crippen LogP contribution in [0.2, 0.25) is 0 Å². The number of nitrogens with two attached hydrogens (primary N) is 1. The van der Waals surface area contributed by atoms with Gasteiger partial charge < -0.3 is 10.5 Å². The van der Waals surface area contributed by atoms with E-state index in [2.05, 4.69) is 33.3 Å². The summed E-state index contributed by atoms with van der Waals surface area (Å²) >= 11 is 1.70. The lowest BCUT2D eigenvalue weighted by Gasteiger charge is -2.05. The van der Waals surface area contributed by atoms with E-state index < -0.39 is 0 Å². The molecule has 7 heteroatoms. The third-order valence-electron chi connectivity index (χ3n) is 2.99. The molecule has 6 nitrogen and oxygen atoms in total. The highest BCUT2D eigenvalue weighted by atomic mass is 32.1. The van der Waals surface area contributed by atoms with Gasteiger partial charge in [-0.3, -0.25) is 4.57 Å². The van der Waals surface area contributed by atoms with Crippen LogP contribution in [0.4, 0.5) is 5.95 Å². The molecule has 0 amide bonds. The van der Waals surface area contributed by atoms with Gasteiger partial charge in [-0.1, -0.05) is 0 Å². The molecular weight excluding hydrogens is 262 g/mol. The Morgan fingerprint density at radius 3 is 2.95 bits per heavy atom. The fraction of sp³-hybridized carbons (Fsp3) is 0.250. The van der Waals surface area contributed by atoms with Crippen LogP contribution in [-0.4, -0.2) is 26.6 Å². The Bertz CT molecular complexity index is 733. The number of methoxy groups -OCH3 is 1. The van der Waals surface area contributed by atoms with Crippen LogP contribution in [0.1, 0.15) is 10.4 Å². The highest BCUT2D eigenvalue weighted by Crippen LogP contribution is 2.25. The fourth-order valence-electron chi connectivity index (χ4n) is 1.95. The predicted octanol–water partition coefficient (Wildman–Crippen LogP) is 1.84. The number of thiophene rings is 1. The highest BCUT2D eigenvalue weighted by molar-refractivity contribution is 7.10. The SMILES string of the molecule is COc1ncnc2c1nc(N)n2Cc1sccc1C. The maximum Gasteiger partial charge on any atom is 0.245 e. The minimum absolute atomic E-state index is 0.418. The Morgan fingerprint density at radius 2 is 2.26 bits per heavy atom. The lowest BCUT2D eigenvalue weighted by Crippen LogP contribution is -2.05. The summed E-state index contributed by atoms with van der Waals surface area (Å²) in [6, 6.07) is 2.09. The Hall–Kier alpha value is -2.15. The molecule has 0 unspecified atom stereocenters. The summed E-state index contributed by atoms with van der Waals surface area (Å²) in [6.45, 7) is 2.74. The molecule has 0 saturated carbocycles. The number of rotatable bonds is 3. The number of hydrogen-bond acceptors (Lipinski definition) is 6. The van der Waals surface area contributed by atoms with Gasteiger partial charge in [-0.25, -0.2) is 9.97 Å². The van der Waals surface area contributed by atoms with Gasteiger partial charge in [0.2, 0.25) is 11.8 Å². The number of nitrogens with zero attached hydrogens (tertiary/aromatic N) is 4. The normalized spacial score (nSPS) is 11.1. The molecule has 0 aromatic carbocycles. The van der Waals surface area contributed by atoms with Crippen LogP contribution in [0.25, 0.3) is 11.2 Å². The summed E-state index contributed by atoms with van der Waals surface area (Å²) in [4.78, 5) is 13.8. The molecule has 0 radical (unpaired) electrons. The molecule has 19 heavy (non-hydrogen) atoms. The monoisotopic (exact) mass is 275 g/mol. The Labute approximate surface area is 113 Å². The molecule has 0 spiro atoms. The van der Waals surface area contributed by atoms with Gasteiger partial charge in [-0.15, -0.1) is 11.3 Å². The topological polar surface area (TPSA) is 78.8 Å². The molecule has 0 fully saturated rings. The van der Waals surface area contributed by atoms with Crippen LogP contribution in [0.3, 0.4) is 0 Å². The predicted molar refractivity (Wildman–Crippen MR) is 74.4 cm³/mol. The summed E-state index contributed by atoms with van der Waals surface area (Å²) in [6.07, 6.45) is 1.46. The molecule has 98 valence electrons. The molecule has 3 aromatic rings. The molecule has 3 rings (SSSR count). The second-order valence-corrected chi connectivity index (χ2v) is 5.14. The van der Waals surface area contributed by atoms with E-state index >= 15 is 0 Å². The van der Waals surface area contributed by atoms with Crippen molar-refractivity contribution in [3.8, 4) is 5.88 Å². The summed E-state index contributed by atoms with van der Waals surface area (Å²) < 4.78 is 7.05. The number of aryl methyl sites for hydroxylation is 1. The zero-order valence-electron chi connectivity index (χ0n) is 10.6. The van der Waals surface area contributed by atoms with E-state index in [1.165, 1.54) is 16.8 Å². The lowest BCUT2D eigenvalue weighted by molar-refractivity contribution is 0.401. The van der Waals surface area contributed by atoms with E-state index in [-0.39, 0.29) is 0 Å². The van der Waals surface area contributed by atoms with Crippen LogP contribution in [0, 0.1) is 6.92 Å². The van der Waals surface area contributed by atoms with Gasteiger partial charge in [0.05, 0.1) is 13.7 Å². The number of ether oxygens (including phenoxy) is 1. The van der Waals surface area contributed by atoms with E-state index in [1.807, 2.05) is 4.57 Å². The second kappa shape index (κ2) is 4.51. The minimum Gasteiger partial charge on any atom is -0.479 e. The average molecular weight is 275 g/mol. The first kappa shape index (κ1) is 11.9. The van der Waals surface area contributed by atoms with Crippen molar-refractivity contribution in [1.29, 1.82) is 0 Å². The zero-order valence-corrected chi connectivity index (χ0v) is 11.4. The van der Waals surface area contributed by atoms with Crippen molar-refractivity contribution < 1.29 is 4.74 Å². The molecule has 0 aliphatic carbocycles. The first-order valence-corrected chi connectivity index (χ1v) is 6.62. The van der Waals surface area contributed by atoms with Crippen LogP contribution >= 0.6 is 11.3 Å². The first-order chi connectivity index (χ1) is 9.20. The van der Waals surface area contributed by atoms with E-state index in [4.69, 9.17) is 10.5 Å². The van der Waals surface area contributed by atoms with Gasteiger partial charge in [0.25, 0.3) is 0 Å². The van der Waals surface area contributed by atoms with E-state index in [9.17, 15) is 0 Å². The van der Waals surface area contributed by atoms with Crippen molar-refractivity contribution in [1.82, 2.24) is 19.5 Å². The zero-order chi connectivity index (χ0) is 13.4. The van der Waals surface area contributed by atoms with Crippen molar-refractivity contribution >= 4 is 28.4 Å². The molecule has 0 aliphatic heterocycles.